The van der Waals surface area contributed by atoms with Crippen molar-refractivity contribution in [2.45, 2.75) is 33.7 Å². The summed E-state index contributed by atoms with van der Waals surface area (Å²) < 4.78 is 12.7. The normalized spacial score (nSPS) is 17.3. The van der Waals surface area contributed by atoms with Crippen molar-refractivity contribution in [1.82, 2.24) is 19.2 Å². The van der Waals surface area contributed by atoms with E-state index in [1.807, 2.05) is 36.6 Å². The van der Waals surface area contributed by atoms with E-state index in [9.17, 15) is 14.7 Å². The fourth-order valence-corrected chi connectivity index (χ4v) is 4.94. The predicted octanol–water partition coefficient (Wildman–Crippen LogP) is 3.73. The predicted molar refractivity (Wildman–Crippen MR) is 141 cm³/mol. The van der Waals surface area contributed by atoms with Gasteiger partial charge in [-0.15, -0.1) is 0 Å². The molecule has 4 rings (SSSR count). The summed E-state index contributed by atoms with van der Waals surface area (Å²) in [5.74, 6) is -0.674. The number of aryl methyl sites for hydroxylation is 2. The molecule has 0 saturated carbocycles. The van der Waals surface area contributed by atoms with Crippen LogP contribution in [0.2, 0.25) is 0 Å². The summed E-state index contributed by atoms with van der Waals surface area (Å²) in [6, 6.07) is 8.29. The zero-order valence-corrected chi connectivity index (χ0v) is 22.2. The number of likely N-dealkylation sites (tertiary alicyclic amines) is 1. The fourth-order valence-electron chi connectivity index (χ4n) is 4.94. The molecule has 37 heavy (non-hydrogen) atoms. The van der Waals surface area contributed by atoms with Crippen molar-refractivity contribution >= 4 is 23.1 Å². The van der Waals surface area contributed by atoms with Crippen molar-refractivity contribution in [1.29, 1.82) is 0 Å². The van der Waals surface area contributed by atoms with Gasteiger partial charge in [-0.25, -0.2) is 4.98 Å². The Balaban J connectivity index is 1.91. The molecule has 0 radical (unpaired) electrons. The standard InChI is InChI=1S/C28H34N4O5/c1-7-30(8-2)14-15-32-24(19-11-12-20(36-5)21(16-19)37-6)22(26(34)28(32)35)25(33)23-18(4)31-13-9-10-17(3)27(31)29-23/h9-13,16,24,33H,7-8,14-15H2,1-6H3/b25-22+. The smallest absolute Gasteiger partial charge is 0.295 e. The van der Waals surface area contributed by atoms with Gasteiger partial charge < -0.3 is 28.8 Å². The molecule has 1 N–H and O–H groups in total. The van der Waals surface area contributed by atoms with E-state index in [1.165, 1.54) is 12.0 Å². The third-order valence-electron chi connectivity index (χ3n) is 7.12. The first kappa shape index (κ1) is 26.2. The van der Waals surface area contributed by atoms with Crippen LogP contribution in [0.15, 0.2) is 42.1 Å². The number of pyridine rings is 1. The van der Waals surface area contributed by atoms with Crippen LogP contribution in [0, 0.1) is 13.8 Å². The maximum absolute atomic E-state index is 13.5. The van der Waals surface area contributed by atoms with Gasteiger partial charge in [0.05, 0.1) is 31.5 Å². The summed E-state index contributed by atoms with van der Waals surface area (Å²) in [7, 11) is 3.07. The minimum absolute atomic E-state index is 0.0147. The number of Topliss-reactive ketones (excluding diaryl/α,β-unsaturated/α-hetero) is 1. The molecule has 0 spiro atoms. The molecule has 1 amide bonds. The van der Waals surface area contributed by atoms with E-state index in [1.54, 1.807) is 25.3 Å². The van der Waals surface area contributed by atoms with Crippen molar-refractivity contribution in [2.75, 3.05) is 40.4 Å². The molecule has 1 aliphatic rings. The van der Waals surface area contributed by atoms with Gasteiger partial charge in [-0.3, -0.25) is 9.59 Å². The lowest BCUT2D eigenvalue weighted by Crippen LogP contribution is -2.38. The number of hydrogen-bond donors (Lipinski definition) is 1. The van der Waals surface area contributed by atoms with Crippen molar-refractivity contribution in [3.63, 3.8) is 0 Å². The Kier molecular flexibility index (Phi) is 7.54. The molecular formula is C28H34N4O5. The number of carbonyl (C=O) groups is 2. The van der Waals surface area contributed by atoms with Crippen molar-refractivity contribution in [2.24, 2.45) is 0 Å². The van der Waals surface area contributed by atoms with E-state index in [0.717, 1.165) is 18.7 Å². The lowest BCUT2D eigenvalue weighted by atomic mass is 9.96. The molecular weight excluding hydrogens is 472 g/mol. The van der Waals surface area contributed by atoms with E-state index in [0.29, 0.717) is 41.5 Å². The molecule has 196 valence electrons. The Bertz CT molecular complexity index is 1370. The number of rotatable bonds is 9. The molecule has 1 unspecified atom stereocenters. The highest BCUT2D eigenvalue weighted by molar-refractivity contribution is 6.46. The number of amides is 1. The number of methoxy groups -OCH3 is 2. The number of benzene rings is 1. The average Bonchev–Trinajstić information content (AvgIpc) is 3.38. The van der Waals surface area contributed by atoms with Gasteiger partial charge in [0.2, 0.25) is 0 Å². The van der Waals surface area contributed by atoms with Crippen LogP contribution in [0.25, 0.3) is 11.4 Å². The summed E-state index contributed by atoms with van der Waals surface area (Å²) in [4.78, 5) is 35.2. The summed E-state index contributed by atoms with van der Waals surface area (Å²) in [6.07, 6.45) is 1.86. The van der Waals surface area contributed by atoms with Gasteiger partial charge in [0, 0.05) is 19.3 Å². The SMILES string of the molecule is CCN(CC)CCN1C(=O)C(=O)/C(=C(/O)c2nc3c(C)cccn3c2C)C1c1ccc(OC)c(OC)c1. The number of ketones is 1. The molecule has 2 aromatic heterocycles. The third-order valence-corrected chi connectivity index (χ3v) is 7.12. The molecule has 3 aromatic rings. The highest BCUT2D eigenvalue weighted by Crippen LogP contribution is 2.42. The van der Waals surface area contributed by atoms with E-state index < -0.39 is 17.7 Å². The Morgan fingerprint density at radius 3 is 2.41 bits per heavy atom. The van der Waals surface area contributed by atoms with Crippen LogP contribution < -0.4 is 9.47 Å². The molecule has 1 aromatic carbocycles. The molecule has 9 heteroatoms. The minimum atomic E-state index is -0.805. The first-order valence-corrected chi connectivity index (χ1v) is 12.4. The van der Waals surface area contributed by atoms with Gasteiger partial charge in [0.1, 0.15) is 11.3 Å². The zero-order chi connectivity index (χ0) is 26.9. The van der Waals surface area contributed by atoms with Gasteiger partial charge in [0.25, 0.3) is 11.7 Å². The number of aliphatic hydroxyl groups is 1. The van der Waals surface area contributed by atoms with Gasteiger partial charge >= 0.3 is 0 Å². The maximum atomic E-state index is 13.5. The number of aliphatic hydroxyl groups excluding tert-OH is 1. The van der Waals surface area contributed by atoms with Crippen LogP contribution in [-0.2, 0) is 9.59 Å². The summed E-state index contributed by atoms with van der Waals surface area (Å²) in [6.45, 7) is 10.4. The number of aromatic nitrogens is 2. The number of nitrogens with zero attached hydrogens (tertiary/aromatic N) is 4. The van der Waals surface area contributed by atoms with Crippen LogP contribution in [0.1, 0.15) is 42.4 Å². The first-order chi connectivity index (χ1) is 17.8. The summed E-state index contributed by atoms with van der Waals surface area (Å²) in [5, 5.41) is 11.6. The number of fused-ring (bicyclic) bond motifs is 1. The van der Waals surface area contributed by atoms with Gasteiger partial charge in [-0.05, 0) is 56.3 Å². The molecule has 1 atom stereocenters. The second kappa shape index (κ2) is 10.6. The Labute approximate surface area is 216 Å². The van der Waals surface area contributed by atoms with Crippen LogP contribution in [0.4, 0.5) is 0 Å². The largest absolute Gasteiger partial charge is 0.505 e. The van der Waals surface area contributed by atoms with Crippen LogP contribution in [0.5, 0.6) is 11.5 Å². The van der Waals surface area contributed by atoms with Gasteiger partial charge in [-0.2, -0.15) is 0 Å². The summed E-state index contributed by atoms with van der Waals surface area (Å²) >= 11 is 0. The van der Waals surface area contributed by atoms with Crippen LogP contribution in [0.3, 0.4) is 0 Å². The number of hydrogen-bond acceptors (Lipinski definition) is 7. The highest BCUT2D eigenvalue weighted by atomic mass is 16.5. The zero-order valence-electron chi connectivity index (χ0n) is 22.2. The number of ether oxygens (including phenoxy) is 2. The van der Waals surface area contributed by atoms with Crippen molar-refractivity contribution < 1.29 is 24.2 Å². The van der Waals surface area contributed by atoms with Gasteiger partial charge in [0.15, 0.2) is 17.3 Å². The Morgan fingerprint density at radius 1 is 1.08 bits per heavy atom. The molecule has 1 fully saturated rings. The molecule has 1 aliphatic heterocycles. The third kappa shape index (κ3) is 4.55. The second-order valence-corrected chi connectivity index (χ2v) is 9.06. The van der Waals surface area contributed by atoms with E-state index >= 15 is 0 Å². The van der Waals surface area contributed by atoms with Gasteiger partial charge in [-0.1, -0.05) is 26.0 Å². The molecule has 3 heterocycles. The molecule has 1 saturated heterocycles. The fraction of sp³-hybridized carbons (Fsp3) is 0.393. The number of carbonyl (C=O) groups excluding carboxylic acids is 2. The van der Waals surface area contributed by atoms with E-state index in [4.69, 9.17) is 9.47 Å². The van der Waals surface area contributed by atoms with Crippen LogP contribution in [-0.4, -0.2) is 76.4 Å². The highest BCUT2D eigenvalue weighted by Gasteiger charge is 2.46. The Hall–Kier alpha value is -3.85. The second-order valence-electron chi connectivity index (χ2n) is 9.06. The maximum Gasteiger partial charge on any atom is 0.295 e. The Morgan fingerprint density at radius 2 is 1.78 bits per heavy atom. The topological polar surface area (TPSA) is 96.6 Å². The molecule has 0 aliphatic carbocycles. The monoisotopic (exact) mass is 506 g/mol. The molecule has 9 nitrogen and oxygen atoms in total. The average molecular weight is 507 g/mol. The quantitative estimate of drug-likeness (QED) is 0.268. The first-order valence-electron chi connectivity index (χ1n) is 12.4. The van der Waals surface area contributed by atoms with Crippen molar-refractivity contribution in [3.05, 3.63) is 64.6 Å². The number of imidazole rings is 1. The molecule has 0 bridgehead atoms. The van der Waals surface area contributed by atoms with Crippen LogP contribution >= 0.6 is 0 Å². The lowest BCUT2D eigenvalue weighted by Gasteiger charge is -2.28. The minimum Gasteiger partial charge on any atom is -0.505 e. The lowest BCUT2D eigenvalue weighted by molar-refractivity contribution is -0.140. The summed E-state index contributed by atoms with van der Waals surface area (Å²) in [5.41, 5.74) is 3.22. The van der Waals surface area contributed by atoms with Crippen molar-refractivity contribution in [3.8, 4) is 11.5 Å². The number of likely N-dealkylation sites (N-methyl/N-ethyl adjacent to an activating group) is 1. The van der Waals surface area contributed by atoms with E-state index in [-0.39, 0.29) is 17.0 Å². The van der Waals surface area contributed by atoms with E-state index in [2.05, 4.69) is 23.7 Å².